The predicted octanol–water partition coefficient (Wildman–Crippen LogP) is 5.14. The summed E-state index contributed by atoms with van der Waals surface area (Å²) in [6, 6.07) is 15.2. The molecule has 5 nitrogen and oxygen atoms in total. The Morgan fingerprint density at radius 3 is 2.53 bits per heavy atom. The van der Waals surface area contributed by atoms with Gasteiger partial charge in [0, 0.05) is 30.5 Å². The van der Waals surface area contributed by atoms with Gasteiger partial charge in [0.2, 0.25) is 0 Å². The maximum atomic E-state index is 5.95. The molecular weight excluding hydrogens is 390 g/mol. The second-order valence-electron chi connectivity index (χ2n) is 8.62. The molecule has 1 aliphatic carbocycles. The maximum Gasteiger partial charge on any atom is 0.199 e. The van der Waals surface area contributed by atoms with Gasteiger partial charge < -0.3 is 0 Å². The van der Waals surface area contributed by atoms with Gasteiger partial charge in [0.1, 0.15) is 0 Å². The maximum absolute atomic E-state index is 5.95. The standard InChI is InChI=1S/C24H29N5S/c30-24-28(17-19-7-2-1-3-8-19)23(21-12-14-25-15-13-21)26-29(24)18-27-16-6-10-20-9-4-5-11-22(20)27/h1-3,7-8,12-15,20,22H,4-6,9-11,16-18H2/t20-,22+/m1/s1. The predicted molar refractivity (Wildman–Crippen MR) is 122 cm³/mol. The number of aromatic nitrogens is 4. The fraction of sp³-hybridized carbons (Fsp3) is 0.458. The Balaban J connectivity index is 1.49. The highest BCUT2D eigenvalue weighted by Gasteiger charge is 2.33. The molecule has 3 heterocycles. The molecule has 0 amide bonds. The summed E-state index contributed by atoms with van der Waals surface area (Å²) >= 11 is 5.95. The third kappa shape index (κ3) is 3.98. The van der Waals surface area contributed by atoms with Gasteiger partial charge in [-0.2, -0.15) is 5.10 Å². The second kappa shape index (κ2) is 8.82. The lowest BCUT2D eigenvalue weighted by Crippen LogP contribution is -2.47. The zero-order valence-electron chi connectivity index (χ0n) is 17.4. The van der Waals surface area contributed by atoms with Crippen molar-refractivity contribution in [3.05, 3.63) is 65.2 Å². The minimum atomic E-state index is 0.693. The van der Waals surface area contributed by atoms with Crippen molar-refractivity contribution in [2.45, 2.75) is 57.8 Å². The molecule has 0 radical (unpaired) electrons. The molecule has 3 aromatic rings. The number of rotatable bonds is 5. The molecular formula is C24H29N5S. The molecule has 30 heavy (non-hydrogen) atoms. The molecule has 1 aliphatic heterocycles. The van der Waals surface area contributed by atoms with Gasteiger partial charge in [0.25, 0.3) is 0 Å². The Kier molecular flexibility index (Phi) is 5.77. The normalized spacial score (nSPS) is 22.0. The lowest BCUT2D eigenvalue weighted by Gasteiger charge is -2.43. The summed E-state index contributed by atoms with van der Waals surface area (Å²) in [4.78, 5) is 6.81. The van der Waals surface area contributed by atoms with E-state index in [1.807, 2.05) is 35.3 Å². The topological polar surface area (TPSA) is 38.9 Å². The van der Waals surface area contributed by atoms with Crippen LogP contribution in [0.1, 0.15) is 44.1 Å². The molecule has 1 saturated carbocycles. The second-order valence-corrected chi connectivity index (χ2v) is 8.99. The number of hydrogen-bond donors (Lipinski definition) is 0. The van der Waals surface area contributed by atoms with Crippen LogP contribution >= 0.6 is 12.2 Å². The molecule has 2 aliphatic rings. The highest BCUT2D eigenvalue weighted by Crippen LogP contribution is 2.35. The molecule has 0 unspecified atom stereocenters. The summed E-state index contributed by atoms with van der Waals surface area (Å²) < 4.78 is 5.01. The van der Waals surface area contributed by atoms with E-state index in [0.29, 0.717) is 6.04 Å². The van der Waals surface area contributed by atoms with E-state index in [2.05, 4.69) is 38.7 Å². The molecule has 2 fully saturated rings. The van der Waals surface area contributed by atoms with Crippen molar-refractivity contribution in [1.29, 1.82) is 0 Å². The van der Waals surface area contributed by atoms with E-state index in [9.17, 15) is 0 Å². The van der Waals surface area contributed by atoms with Crippen LogP contribution in [0.3, 0.4) is 0 Å². The van der Waals surface area contributed by atoms with Gasteiger partial charge in [-0.15, -0.1) is 0 Å². The minimum Gasteiger partial charge on any atom is -0.295 e. The highest BCUT2D eigenvalue weighted by molar-refractivity contribution is 7.71. The van der Waals surface area contributed by atoms with Crippen LogP contribution in [0.5, 0.6) is 0 Å². The first-order chi connectivity index (χ1) is 14.8. The summed E-state index contributed by atoms with van der Waals surface area (Å²) in [5.74, 6) is 1.77. The van der Waals surface area contributed by atoms with Gasteiger partial charge in [-0.25, -0.2) is 4.68 Å². The summed E-state index contributed by atoms with van der Waals surface area (Å²) in [6.45, 7) is 2.67. The average Bonchev–Trinajstić information content (AvgIpc) is 3.10. The van der Waals surface area contributed by atoms with Crippen molar-refractivity contribution < 1.29 is 0 Å². The van der Waals surface area contributed by atoms with Crippen LogP contribution in [-0.2, 0) is 13.2 Å². The summed E-state index contributed by atoms with van der Waals surface area (Å²) in [7, 11) is 0. The SMILES string of the molecule is S=c1n(CN2CCC[C@H]3CCCC[C@@H]32)nc(-c2ccncc2)n1Cc1ccccc1. The number of pyridine rings is 1. The van der Waals surface area contributed by atoms with Gasteiger partial charge in [-0.05, 0) is 61.5 Å². The van der Waals surface area contributed by atoms with Gasteiger partial charge in [-0.1, -0.05) is 43.2 Å². The van der Waals surface area contributed by atoms with Crippen LogP contribution in [-0.4, -0.2) is 36.8 Å². The molecule has 1 saturated heterocycles. The van der Waals surface area contributed by atoms with Crippen molar-refractivity contribution in [3.63, 3.8) is 0 Å². The van der Waals surface area contributed by atoms with Crippen molar-refractivity contribution in [2.24, 2.45) is 5.92 Å². The van der Waals surface area contributed by atoms with E-state index in [4.69, 9.17) is 17.3 Å². The molecule has 0 spiro atoms. The van der Waals surface area contributed by atoms with Crippen molar-refractivity contribution >= 4 is 12.2 Å². The molecule has 2 aromatic heterocycles. The Hall–Kier alpha value is -2.31. The molecule has 5 rings (SSSR count). The van der Waals surface area contributed by atoms with Crippen molar-refractivity contribution in [3.8, 4) is 11.4 Å². The van der Waals surface area contributed by atoms with E-state index in [0.717, 1.165) is 41.8 Å². The lowest BCUT2D eigenvalue weighted by molar-refractivity contribution is 0.0323. The van der Waals surface area contributed by atoms with Gasteiger partial charge in [0.15, 0.2) is 10.6 Å². The summed E-state index contributed by atoms with van der Waals surface area (Å²) in [6.07, 6.45) is 11.8. The van der Waals surface area contributed by atoms with Crippen LogP contribution in [0.4, 0.5) is 0 Å². The van der Waals surface area contributed by atoms with E-state index in [-0.39, 0.29) is 0 Å². The van der Waals surface area contributed by atoms with Crippen LogP contribution in [0.15, 0.2) is 54.9 Å². The zero-order valence-corrected chi connectivity index (χ0v) is 18.2. The molecule has 6 heteroatoms. The highest BCUT2D eigenvalue weighted by atomic mass is 32.1. The first-order valence-electron chi connectivity index (χ1n) is 11.2. The number of nitrogens with zero attached hydrogens (tertiary/aromatic N) is 5. The Labute approximate surface area is 183 Å². The average molecular weight is 420 g/mol. The van der Waals surface area contributed by atoms with Crippen molar-refractivity contribution in [1.82, 2.24) is 24.2 Å². The summed E-state index contributed by atoms with van der Waals surface area (Å²) in [5.41, 5.74) is 2.29. The smallest absolute Gasteiger partial charge is 0.199 e. The van der Waals surface area contributed by atoms with Crippen LogP contribution in [0.25, 0.3) is 11.4 Å². The summed E-state index contributed by atoms with van der Waals surface area (Å²) in [5, 5.41) is 5.01. The zero-order chi connectivity index (χ0) is 20.3. The largest absolute Gasteiger partial charge is 0.295 e. The first-order valence-corrected chi connectivity index (χ1v) is 11.6. The van der Waals surface area contributed by atoms with Crippen LogP contribution in [0, 0.1) is 10.7 Å². The Bertz CT molecular complexity index is 1020. The monoisotopic (exact) mass is 419 g/mol. The number of likely N-dealkylation sites (tertiary alicyclic amines) is 1. The lowest BCUT2D eigenvalue weighted by atomic mass is 9.78. The van der Waals surface area contributed by atoms with Crippen LogP contribution < -0.4 is 0 Å². The number of fused-ring (bicyclic) bond motifs is 1. The van der Waals surface area contributed by atoms with Gasteiger partial charge in [-0.3, -0.25) is 14.5 Å². The fourth-order valence-electron chi connectivity index (χ4n) is 5.23. The van der Waals surface area contributed by atoms with Gasteiger partial charge >= 0.3 is 0 Å². The van der Waals surface area contributed by atoms with E-state index < -0.39 is 0 Å². The Morgan fingerprint density at radius 2 is 1.70 bits per heavy atom. The molecule has 0 N–H and O–H groups in total. The molecule has 0 bridgehead atoms. The number of benzene rings is 1. The quantitative estimate of drug-likeness (QED) is 0.537. The first kappa shape index (κ1) is 19.6. The third-order valence-electron chi connectivity index (χ3n) is 6.72. The third-order valence-corrected chi connectivity index (χ3v) is 7.15. The van der Waals surface area contributed by atoms with Crippen LogP contribution in [0.2, 0.25) is 0 Å². The van der Waals surface area contributed by atoms with Crippen molar-refractivity contribution in [2.75, 3.05) is 6.54 Å². The van der Waals surface area contributed by atoms with E-state index >= 15 is 0 Å². The molecule has 2 atom stereocenters. The molecule has 156 valence electrons. The molecule has 1 aromatic carbocycles. The fourth-order valence-corrected chi connectivity index (χ4v) is 5.48. The van der Waals surface area contributed by atoms with Gasteiger partial charge in [0.05, 0.1) is 13.2 Å². The number of hydrogen-bond acceptors (Lipinski definition) is 4. The number of piperidine rings is 1. The van der Waals surface area contributed by atoms with E-state index in [1.165, 1.54) is 44.1 Å². The van der Waals surface area contributed by atoms with E-state index in [1.54, 1.807) is 0 Å². The minimum absolute atomic E-state index is 0.693. The Morgan fingerprint density at radius 1 is 0.933 bits per heavy atom.